The van der Waals surface area contributed by atoms with Gasteiger partial charge < -0.3 is 14.4 Å². The summed E-state index contributed by atoms with van der Waals surface area (Å²) in [5.41, 5.74) is 2.97. The van der Waals surface area contributed by atoms with Crippen LogP contribution in [0.1, 0.15) is 16.8 Å². The molecule has 2 aromatic carbocycles. The third-order valence-electron chi connectivity index (χ3n) is 5.08. The van der Waals surface area contributed by atoms with Crippen molar-refractivity contribution < 1.29 is 18.7 Å². The minimum atomic E-state index is -0.655. The molecule has 1 aromatic heterocycles. The molecule has 3 aromatic rings. The Labute approximate surface area is 161 Å². The van der Waals surface area contributed by atoms with Gasteiger partial charge in [-0.2, -0.15) is 5.10 Å². The first-order valence-electron chi connectivity index (χ1n) is 9.12. The van der Waals surface area contributed by atoms with Gasteiger partial charge in [0.1, 0.15) is 12.4 Å². The maximum Gasteiger partial charge on any atom is 0.267 e. The predicted octanol–water partition coefficient (Wildman–Crippen LogP) is 2.75. The lowest BCUT2D eigenvalue weighted by molar-refractivity contribution is -0.141. The number of hydrogen-bond acceptors (Lipinski definition) is 4. The molecule has 0 fully saturated rings. The van der Waals surface area contributed by atoms with Crippen LogP contribution in [-0.4, -0.2) is 33.3 Å². The standard InChI is InChI=1S/C21H18FN3O3/c22-16-7-5-14(6-8-16)10-25-17-12-24(11-15(17)9-23-25)21(26)20-13-27-18-3-1-2-4-19(18)28-20/h1-9,20H,10-13H2/t20-/m1/s1. The van der Waals surface area contributed by atoms with Crippen LogP contribution < -0.4 is 9.47 Å². The maximum atomic E-state index is 13.1. The second kappa shape index (κ2) is 6.67. The largest absolute Gasteiger partial charge is 0.485 e. The molecule has 0 N–H and O–H groups in total. The van der Waals surface area contributed by atoms with Gasteiger partial charge in [-0.15, -0.1) is 0 Å². The van der Waals surface area contributed by atoms with E-state index in [4.69, 9.17) is 9.47 Å². The number of halogens is 1. The van der Waals surface area contributed by atoms with E-state index in [-0.39, 0.29) is 18.3 Å². The highest BCUT2D eigenvalue weighted by Gasteiger charge is 2.35. The fourth-order valence-corrected chi connectivity index (χ4v) is 3.61. The molecule has 0 bridgehead atoms. The van der Waals surface area contributed by atoms with Crippen molar-refractivity contribution in [2.24, 2.45) is 0 Å². The Bertz CT molecular complexity index is 1030. The first kappa shape index (κ1) is 16.8. The highest BCUT2D eigenvalue weighted by Crippen LogP contribution is 2.32. The van der Waals surface area contributed by atoms with Gasteiger partial charge in [0.2, 0.25) is 6.10 Å². The molecule has 0 unspecified atom stereocenters. The number of aromatic nitrogens is 2. The SMILES string of the molecule is O=C([C@H]1COc2ccccc2O1)N1Cc2cnn(Cc3ccc(F)cc3)c2C1. The maximum absolute atomic E-state index is 13.1. The topological polar surface area (TPSA) is 56.6 Å². The molecule has 5 rings (SSSR count). The van der Waals surface area contributed by atoms with Crippen molar-refractivity contribution in [3.63, 3.8) is 0 Å². The zero-order chi connectivity index (χ0) is 19.1. The Morgan fingerprint density at radius 1 is 1.11 bits per heavy atom. The van der Waals surface area contributed by atoms with E-state index in [2.05, 4.69) is 5.10 Å². The lowest BCUT2D eigenvalue weighted by atomic mass is 10.2. The van der Waals surface area contributed by atoms with Crippen molar-refractivity contribution in [3.05, 3.63) is 77.4 Å². The van der Waals surface area contributed by atoms with E-state index in [1.165, 1.54) is 12.1 Å². The van der Waals surface area contributed by atoms with Gasteiger partial charge >= 0.3 is 0 Å². The van der Waals surface area contributed by atoms with Gasteiger partial charge in [0.15, 0.2) is 11.5 Å². The van der Waals surface area contributed by atoms with Crippen molar-refractivity contribution >= 4 is 5.91 Å². The first-order chi connectivity index (χ1) is 13.7. The second-order valence-corrected chi connectivity index (χ2v) is 6.96. The quantitative estimate of drug-likeness (QED) is 0.702. The average molecular weight is 379 g/mol. The van der Waals surface area contributed by atoms with E-state index in [0.717, 1.165) is 16.8 Å². The summed E-state index contributed by atoms with van der Waals surface area (Å²) < 4.78 is 26.5. The number of fused-ring (bicyclic) bond motifs is 2. The van der Waals surface area contributed by atoms with Crippen LogP contribution in [0.5, 0.6) is 11.5 Å². The average Bonchev–Trinajstić information content (AvgIpc) is 3.31. The second-order valence-electron chi connectivity index (χ2n) is 6.96. The number of carbonyl (C=O) groups excluding carboxylic acids is 1. The van der Waals surface area contributed by atoms with Crippen LogP contribution in [-0.2, 0) is 24.4 Å². The molecule has 0 saturated carbocycles. The lowest BCUT2D eigenvalue weighted by Crippen LogP contribution is -2.44. The van der Waals surface area contributed by atoms with Gasteiger partial charge in [0.25, 0.3) is 5.91 Å². The van der Waals surface area contributed by atoms with Gasteiger partial charge in [-0.1, -0.05) is 24.3 Å². The molecule has 7 heteroatoms. The van der Waals surface area contributed by atoms with Gasteiger partial charge in [-0.25, -0.2) is 4.39 Å². The normalized spacial score (nSPS) is 17.5. The summed E-state index contributed by atoms with van der Waals surface area (Å²) >= 11 is 0. The number of ether oxygens (including phenoxy) is 2. The molecule has 0 spiro atoms. The van der Waals surface area contributed by atoms with E-state index in [9.17, 15) is 9.18 Å². The number of benzene rings is 2. The number of carbonyl (C=O) groups is 1. The summed E-state index contributed by atoms with van der Waals surface area (Å²) in [5.74, 6) is 0.888. The monoisotopic (exact) mass is 379 g/mol. The number of hydrogen-bond donors (Lipinski definition) is 0. The molecule has 6 nitrogen and oxygen atoms in total. The molecule has 1 atom stereocenters. The highest BCUT2D eigenvalue weighted by atomic mass is 19.1. The molecule has 2 aliphatic heterocycles. The van der Waals surface area contributed by atoms with E-state index in [0.29, 0.717) is 31.1 Å². The summed E-state index contributed by atoms with van der Waals surface area (Å²) in [6.45, 7) is 1.70. The molecule has 2 aliphatic rings. The van der Waals surface area contributed by atoms with E-state index >= 15 is 0 Å². The van der Waals surface area contributed by atoms with E-state index < -0.39 is 6.10 Å². The van der Waals surface area contributed by atoms with Crippen LogP contribution >= 0.6 is 0 Å². The molecule has 3 heterocycles. The molecule has 0 radical (unpaired) electrons. The summed E-state index contributed by atoms with van der Waals surface area (Å²) in [5, 5.41) is 4.42. The number of rotatable bonds is 3. The van der Waals surface area contributed by atoms with Gasteiger partial charge in [-0.3, -0.25) is 9.48 Å². The van der Waals surface area contributed by atoms with Gasteiger partial charge in [0.05, 0.1) is 25.0 Å². The Morgan fingerprint density at radius 3 is 2.71 bits per heavy atom. The summed E-state index contributed by atoms with van der Waals surface area (Å²) in [6, 6.07) is 13.7. The molecular weight excluding hydrogens is 361 g/mol. The Kier molecular flexibility index (Phi) is 4.00. The van der Waals surface area contributed by atoms with Crippen molar-refractivity contribution in [3.8, 4) is 11.5 Å². The van der Waals surface area contributed by atoms with E-state index in [1.54, 1.807) is 29.3 Å². The van der Waals surface area contributed by atoms with Crippen LogP contribution in [0, 0.1) is 5.82 Å². The van der Waals surface area contributed by atoms with Crippen LogP contribution in [0.15, 0.2) is 54.7 Å². The van der Waals surface area contributed by atoms with E-state index in [1.807, 2.05) is 22.9 Å². The molecule has 142 valence electrons. The van der Waals surface area contributed by atoms with Crippen molar-refractivity contribution in [1.82, 2.24) is 14.7 Å². The van der Waals surface area contributed by atoms with Crippen molar-refractivity contribution in [2.75, 3.05) is 6.61 Å². The zero-order valence-corrected chi connectivity index (χ0v) is 15.0. The van der Waals surface area contributed by atoms with Crippen molar-refractivity contribution in [1.29, 1.82) is 0 Å². The molecule has 0 saturated heterocycles. The number of nitrogens with zero attached hydrogens (tertiary/aromatic N) is 3. The Hall–Kier alpha value is -3.35. The van der Waals surface area contributed by atoms with Crippen molar-refractivity contribution in [2.45, 2.75) is 25.7 Å². The predicted molar refractivity (Wildman–Crippen MR) is 98.3 cm³/mol. The Balaban J connectivity index is 1.29. The number of para-hydroxylation sites is 2. The zero-order valence-electron chi connectivity index (χ0n) is 15.0. The fraction of sp³-hybridized carbons (Fsp3) is 0.238. The summed E-state index contributed by atoms with van der Waals surface area (Å²) in [4.78, 5) is 14.7. The molecule has 1 amide bonds. The highest BCUT2D eigenvalue weighted by molar-refractivity contribution is 5.82. The minimum Gasteiger partial charge on any atom is -0.485 e. The van der Waals surface area contributed by atoms with Crippen LogP contribution in [0.25, 0.3) is 0 Å². The minimum absolute atomic E-state index is 0.0981. The lowest BCUT2D eigenvalue weighted by Gasteiger charge is -2.28. The van der Waals surface area contributed by atoms with Gasteiger partial charge in [-0.05, 0) is 29.8 Å². The molecular formula is C21H18FN3O3. The third kappa shape index (κ3) is 2.98. The fourth-order valence-electron chi connectivity index (χ4n) is 3.61. The number of amides is 1. The van der Waals surface area contributed by atoms with Crippen LogP contribution in [0.4, 0.5) is 4.39 Å². The van der Waals surface area contributed by atoms with Crippen LogP contribution in [0.2, 0.25) is 0 Å². The third-order valence-corrected chi connectivity index (χ3v) is 5.08. The molecule has 28 heavy (non-hydrogen) atoms. The van der Waals surface area contributed by atoms with Crippen LogP contribution in [0.3, 0.4) is 0 Å². The summed E-state index contributed by atoms with van der Waals surface area (Å²) in [7, 11) is 0. The first-order valence-corrected chi connectivity index (χ1v) is 9.12. The Morgan fingerprint density at radius 2 is 1.89 bits per heavy atom. The smallest absolute Gasteiger partial charge is 0.267 e. The molecule has 0 aliphatic carbocycles. The van der Waals surface area contributed by atoms with Gasteiger partial charge in [0, 0.05) is 12.1 Å². The summed E-state index contributed by atoms with van der Waals surface area (Å²) in [6.07, 6.45) is 1.14.